The van der Waals surface area contributed by atoms with E-state index in [2.05, 4.69) is 39.0 Å². The van der Waals surface area contributed by atoms with E-state index in [0.29, 0.717) is 5.92 Å². The molecule has 0 aromatic carbocycles. The minimum atomic E-state index is 0.625. The highest BCUT2D eigenvalue weighted by molar-refractivity contribution is 5.03. The van der Waals surface area contributed by atoms with Gasteiger partial charge < -0.3 is 5.73 Å². The molecule has 0 heterocycles. The maximum Gasteiger partial charge on any atom is -0.00718 e. The molecule has 0 aliphatic carbocycles. The van der Waals surface area contributed by atoms with Gasteiger partial charge in [0.25, 0.3) is 0 Å². The summed E-state index contributed by atoms with van der Waals surface area (Å²) in [5.41, 5.74) is 6.86. The third-order valence-corrected chi connectivity index (χ3v) is 2.02. The third kappa shape index (κ3) is 6.17. The van der Waals surface area contributed by atoms with Crippen LogP contribution in [0, 0.1) is 5.92 Å². The van der Waals surface area contributed by atoms with Crippen LogP contribution in [0.2, 0.25) is 0 Å². The molecule has 0 amide bonds. The maximum atomic E-state index is 5.44. The zero-order valence-corrected chi connectivity index (χ0v) is 8.51. The maximum absolute atomic E-state index is 5.44. The van der Waals surface area contributed by atoms with Crippen molar-refractivity contribution in [2.75, 3.05) is 6.54 Å². The van der Waals surface area contributed by atoms with Crippen LogP contribution in [-0.4, -0.2) is 6.54 Å². The fourth-order valence-electron chi connectivity index (χ4n) is 0.963. The van der Waals surface area contributed by atoms with Gasteiger partial charge in [-0.1, -0.05) is 30.7 Å². The topological polar surface area (TPSA) is 26.0 Å². The van der Waals surface area contributed by atoms with Crippen LogP contribution in [-0.2, 0) is 0 Å². The van der Waals surface area contributed by atoms with E-state index >= 15 is 0 Å². The lowest BCUT2D eigenvalue weighted by atomic mass is 10.1. The van der Waals surface area contributed by atoms with Gasteiger partial charge in [-0.15, -0.1) is 0 Å². The van der Waals surface area contributed by atoms with E-state index < -0.39 is 0 Å². The van der Waals surface area contributed by atoms with Crippen molar-refractivity contribution in [2.24, 2.45) is 11.7 Å². The molecular weight excluding hydrogens is 146 g/mol. The van der Waals surface area contributed by atoms with E-state index in [1.165, 1.54) is 5.57 Å². The van der Waals surface area contributed by atoms with Crippen LogP contribution >= 0.6 is 0 Å². The summed E-state index contributed by atoms with van der Waals surface area (Å²) in [7, 11) is 0. The second-order valence-corrected chi connectivity index (χ2v) is 3.32. The molecule has 70 valence electrons. The summed E-state index contributed by atoms with van der Waals surface area (Å²) in [6.45, 7) is 7.22. The molecule has 0 saturated heterocycles. The molecular formula is C11H21N. The SMILES string of the molecule is C/C=C(\C)C/C=C\C(C)CCN. The second-order valence-electron chi connectivity index (χ2n) is 3.32. The standard InChI is InChI=1S/C11H21N/c1-4-10(2)6-5-7-11(3)8-9-12/h4-5,7,11H,6,8-9,12H2,1-3H3/b7-5-,10-4+. The molecule has 0 aliphatic heterocycles. The van der Waals surface area contributed by atoms with Gasteiger partial charge in [0.05, 0.1) is 0 Å². The van der Waals surface area contributed by atoms with Crippen molar-refractivity contribution in [1.29, 1.82) is 0 Å². The van der Waals surface area contributed by atoms with Gasteiger partial charge in [0.1, 0.15) is 0 Å². The monoisotopic (exact) mass is 167 g/mol. The van der Waals surface area contributed by atoms with Gasteiger partial charge >= 0.3 is 0 Å². The number of nitrogens with two attached hydrogens (primary N) is 1. The molecule has 0 radical (unpaired) electrons. The smallest absolute Gasteiger partial charge is 0.00718 e. The molecule has 1 unspecified atom stereocenters. The third-order valence-electron chi connectivity index (χ3n) is 2.02. The highest BCUT2D eigenvalue weighted by Gasteiger charge is 1.92. The highest BCUT2D eigenvalue weighted by Crippen LogP contribution is 2.05. The van der Waals surface area contributed by atoms with E-state index in [-0.39, 0.29) is 0 Å². The number of allylic oxidation sites excluding steroid dienone is 4. The molecule has 0 aromatic rings. The van der Waals surface area contributed by atoms with Crippen LogP contribution in [0.25, 0.3) is 0 Å². The summed E-state index contributed by atoms with van der Waals surface area (Å²) in [5, 5.41) is 0. The fraction of sp³-hybridized carbons (Fsp3) is 0.636. The molecule has 0 spiro atoms. The first-order valence-corrected chi connectivity index (χ1v) is 4.69. The minimum absolute atomic E-state index is 0.625. The summed E-state index contributed by atoms with van der Waals surface area (Å²) < 4.78 is 0. The van der Waals surface area contributed by atoms with Gasteiger partial charge in [0.2, 0.25) is 0 Å². The first-order chi connectivity index (χ1) is 5.70. The van der Waals surface area contributed by atoms with Crippen molar-refractivity contribution in [1.82, 2.24) is 0 Å². The van der Waals surface area contributed by atoms with Crippen molar-refractivity contribution in [3.05, 3.63) is 23.8 Å². The van der Waals surface area contributed by atoms with Crippen LogP contribution in [0.1, 0.15) is 33.6 Å². The Hall–Kier alpha value is -0.560. The molecule has 0 aliphatic rings. The zero-order valence-electron chi connectivity index (χ0n) is 8.51. The lowest BCUT2D eigenvalue weighted by Gasteiger charge is -2.02. The predicted octanol–water partition coefficient (Wildman–Crippen LogP) is 2.88. The Morgan fingerprint density at radius 3 is 2.67 bits per heavy atom. The number of hydrogen-bond donors (Lipinski definition) is 1. The Labute approximate surface area is 76.3 Å². The van der Waals surface area contributed by atoms with E-state index in [0.717, 1.165) is 19.4 Å². The Morgan fingerprint density at radius 2 is 2.17 bits per heavy atom. The fourth-order valence-corrected chi connectivity index (χ4v) is 0.963. The van der Waals surface area contributed by atoms with Crippen molar-refractivity contribution < 1.29 is 0 Å². The highest BCUT2D eigenvalue weighted by atomic mass is 14.5. The summed E-state index contributed by atoms with van der Waals surface area (Å²) in [6.07, 6.45) is 8.80. The normalized spacial score (nSPS) is 15.5. The molecule has 1 atom stereocenters. The summed E-state index contributed by atoms with van der Waals surface area (Å²) >= 11 is 0. The predicted molar refractivity (Wildman–Crippen MR) is 56.0 cm³/mol. The quantitative estimate of drug-likeness (QED) is 0.626. The van der Waals surface area contributed by atoms with E-state index in [1.54, 1.807) is 0 Å². The first kappa shape index (κ1) is 11.4. The zero-order chi connectivity index (χ0) is 9.40. The van der Waals surface area contributed by atoms with Crippen LogP contribution in [0.5, 0.6) is 0 Å². The largest absolute Gasteiger partial charge is 0.330 e. The van der Waals surface area contributed by atoms with Crippen molar-refractivity contribution in [2.45, 2.75) is 33.6 Å². The van der Waals surface area contributed by atoms with Crippen molar-refractivity contribution >= 4 is 0 Å². The molecule has 0 fully saturated rings. The number of rotatable bonds is 5. The van der Waals surface area contributed by atoms with Crippen LogP contribution in [0.15, 0.2) is 23.8 Å². The molecule has 12 heavy (non-hydrogen) atoms. The lowest BCUT2D eigenvalue weighted by Crippen LogP contribution is -2.03. The molecule has 0 saturated carbocycles. The van der Waals surface area contributed by atoms with Gasteiger partial charge in [0, 0.05) is 0 Å². The van der Waals surface area contributed by atoms with Crippen molar-refractivity contribution in [3.8, 4) is 0 Å². The first-order valence-electron chi connectivity index (χ1n) is 4.69. The Morgan fingerprint density at radius 1 is 1.50 bits per heavy atom. The molecule has 0 bridgehead atoms. The molecule has 1 nitrogen and oxygen atoms in total. The van der Waals surface area contributed by atoms with Gasteiger partial charge in [-0.25, -0.2) is 0 Å². The molecule has 2 N–H and O–H groups in total. The van der Waals surface area contributed by atoms with Crippen LogP contribution in [0.4, 0.5) is 0 Å². The average Bonchev–Trinajstić information content (AvgIpc) is 2.04. The summed E-state index contributed by atoms with van der Waals surface area (Å²) in [5.74, 6) is 0.625. The summed E-state index contributed by atoms with van der Waals surface area (Å²) in [6, 6.07) is 0. The Kier molecular flexibility index (Phi) is 6.78. The van der Waals surface area contributed by atoms with Gasteiger partial charge in [-0.05, 0) is 39.2 Å². The molecule has 0 rings (SSSR count). The van der Waals surface area contributed by atoms with Gasteiger partial charge in [0.15, 0.2) is 0 Å². The van der Waals surface area contributed by atoms with Crippen LogP contribution in [0.3, 0.4) is 0 Å². The second kappa shape index (κ2) is 7.11. The van der Waals surface area contributed by atoms with Crippen LogP contribution < -0.4 is 5.73 Å². The minimum Gasteiger partial charge on any atom is -0.330 e. The van der Waals surface area contributed by atoms with E-state index in [1.807, 2.05) is 0 Å². The Bertz CT molecular complexity index is 156. The van der Waals surface area contributed by atoms with E-state index in [4.69, 9.17) is 5.73 Å². The van der Waals surface area contributed by atoms with Gasteiger partial charge in [-0.2, -0.15) is 0 Å². The summed E-state index contributed by atoms with van der Waals surface area (Å²) in [4.78, 5) is 0. The molecule has 0 aromatic heterocycles. The van der Waals surface area contributed by atoms with Gasteiger partial charge in [-0.3, -0.25) is 0 Å². The van der Waals surface area contributed by atoms with E-state index in [9.17, 15) is 0 Å². The molecule has 1 heteroatoms. The van der Waals surface area contributed by atoms with Crippen molar-refractivity contribution in [3.63, 3.8) is 0 Å². The lowest BCUT2D eigenvalue weighted by molar-refractivity contribution is 0.656. The number of hydrogen-bond acceptors (Lipinski definition) is 1. The Balaban J connectivity index is 3.61. The average molecular weight is 167 g/mol.